The number of anilines is 2. The maximum atomic E-state index is 13.4. The molecule has 3 aromatic rings. The zero-order valence-corrected chi connectivity index (χ0v) is 19.1. The molecule has 0 bridgehead atoms. The topological polar surface area (TPSA) is 94.5 Å². The molecule has 166 valence electrons. The summed E-state index contributed by atoms with van der Waals surface area (Å²) in [5.41, 5.74) is 3.17. The van der Waals surface area contributed by atoms with E-state index < -0.39 is 5.82 Å². The van der Waals surface area contributed by atoms with Crippen LogP contribution in [0.15, 0.2) is 53.5 Å². The number of hydrogen-bond acceptors (Lipinski definition) is 5. The predicted octanol–water partition coefficient (Wildman–Crippen LogP) is 4.59. The Labute approximate surface area is 195 Å². The quantitative estimate of drug-likeness (QED) is 0.245. The third-order valence-electron chi connectivity index (χ3n) is 4.23. The van der Waals surface area contributed by atoms with Crippen LogP contribution in [0, 0.1) is 19.7 Å². The van der Waals surface area contributed by atoms with Gasteiger partial charge in [0.05, 0.1) is 5.02 Å². The molecule has 32 heavy (non-hydrogen) atoms. The van der Waals surface area contributed by atoms with Crippen molar-refractivity contribution in [3.63, 3.8) is 0 Å². The van der Waals surface area contributed by atoms with Gasteiger partial charge in [0.15, 0.2) is 5.11 Å². The average Bonchev–Trinajstić information content (AvgIpc) is 2.71. The van der Waals surface area contributed by atoms with Crippen molar-refractivity contribution in [2.45, 2.75) is 20.3 Å². The maximum Gasteiger partial charge on any atom is 0.229 e. The van der Waals surface area contributed by atoms with E-state index in [1.54, 1.807) is 12.1 Å². The summed E-state index contributed by atoms with van der Waals surface area (Å²) < 4.78 is 13.4. The molecule has 0 saturated carbocycles. The molecule has 0 amide bonds. The number of halogens is 2. The average molecular weight is 473 g/mol. The van der Waals surface area contributed by atoms with E-state index in [4.69, 9.17) is 23.8 Å². The van der Waals surface area contributed by atoms with Crippen molar-refractivity contribution < 1.29 is 9.50 Å². The normalized spacial score (nSPS) is 11.2. The highest BCUT2D eigenvalue weighted by Crippen LogP contribution is 2.19. The van der Waals surface area contributed by atoms with Crippen LogP contribution < -0.4 is 16.0 Å². The van der Waals surface area contributed by atoms with Gasteiger partial charge in [0.25, 0.3) is 0 Å². The van der Waals surface area contributed by atoms with E-state index in [1.807, 2.05) is 32.0 Å². The van der Waals surface area contributed by atoms with E-state index in [0.29, 0.717) is 30.6 Å². The number of benzene rings is 2. The zero-order chi connectivity index (χ0) is 23.1. The zero-order valence-electron chi connectivity index (χ0n) is 17.5. The largest absolute Gasteiger partial charge is 0.508 e. The molecule has 0 aliphatic heterocycles. The van der Waals surface area contributed by atoms with Crippen LogP contribution in [0.1, 0.15) is 17.0 Å². The lowest BCUT2D eigenvalue weighted by molar-refractivity contribution is 0.475. The van der Waals surface area contributed by atoms with Crippen LogP contribution in [0.4, 0.5) is 16.0 Å². The summed E-state index contributed by atoms with van der Waals surface area (Å²) in [6, 6.07) is 13.0. The molecule has 1 heterocycles. The number of aryl methyl sites for hydroxylation is 2. The van der Waals surface area contributed by atoms with Gasteiger partial charge >= 0.3 is 0 Å². The second kappa shape index (κ2) is 10.8. The predicted molar refractivity (Wildman–Crippen MR) is 130 cm³/mol. The first-order chi connectivity index (χ1) is 15.3. The van der Waals surface area contributed by atoms with E-state index in [0.717, 1.165) is 17.0 Å². The minimum atomic E-state index is -0.513. The Morgan fingerprint density at radius 3 is 2.41 bits per heavy atom. The fourth-order valence-electron chi connectivity index (χ4n) is 2.80. The lowest BCUT2D eigenvalue weighted by atomic mass is 10.1. The van der Waals surface area contributed by atoms with E-state index >= 15 is 0 Å². The van der Waals surface area contributed by atoms with Gasteiger partial charge in [-0.05, 0) is 74.4 Å². The van der Waals surface area contributed by atoms with Crippen LogP contribution in [-0.2, 0) is 6.42 Å². The Balaban J connectivity index is 1.72. The van der Waals surface area contributed by atoms with Gasteiger partial charge in [0.1, 0.15) is 11.6 Å². The smallest absolute Gasteiger partial charge is 0.229 e. The second-order valence-electron chi connectivity index (χ2n) is 6.95. The van der Waals surface area contributed by atoms with Gasteiger partial charge in [0, 0.05) is 23.6 Å². The molecule has 4 N–H and O–H groups in total. The van der Waals surface area contributed by atoms with Crippen LogP contribution >= 0.6 is 23.8 Å². The molecular formula is C22H22ClFN6OS. The molecule has 0 radical (unpaired) electrons. The molecule has 0 spiro atoms. The summed E-state index contributed by atoms with van der Waals surface area (Å²) in [6.07, 6.45) is 0.647. The Kier molecular flexibility index (Phi) is 7.91. The number of rotatable bonds is 5. The molecule has 7 nitrogen and oxygen atoms in total. The summed E-state index contributed by atoms with van der Waals surface area (Å²) in [4.78, 5) is 13.3. The standard InChI is InChI=1S/C22H22ClFN6OS/c1-13-11-14(2)27-21(26-13)29-20(25-10-9-15-3-6-17(31)7-4-15)30-22(32)28-16-5-8-19(24)18(23)12-16/h3-8,11-12,31H,9-10H2,1-2H3,(H3,25,26,27,28,29,30,32). The number of aromatic nitrogens is 2. The minimum absolute atomic E-state index is 0.0117. The van der Waals surface area contributed by atoms with E-state index in [2.05, 4.69) is 30.9 Å². The fourth-order valence-corrected chi connectivity index (χ4v) is 3.20. The number of hydrogen-bond donors (Lipinski definition) is 4. The van der Waals surface area contributed by atoms with Crippen molar-refractivity contribution in [2.75, 3.05) is 17.2 Å². The molecule has 0 aliphatic rings. The SMILES string of the molecule is Cc1cc(C)nc(NC(=NCCc2ccc(O)cc2)NC(=S)Nc2ccc(F)c(Cl)c2)n1. The highest BCUT2D eigenvalue weighted by Gasteiger charge is 2.08. The van der Waals surface area contributed by atoms with Crippen LogP contribution in [-0.4, -0.2) is 32.7 Å². The Morgan fingerprint density at radius 2 is 1.75 bits per heavy atom. The number of guanidine groups is 1. The first-order valence-corrected chi connectivity index (χ1v) is 10.5. The number of aromatic hydroxyl groups is 1. The number of phenolic OH excluding ortho intramolecular Hbond substituents is 1. The molecule has 0 fully saturated rings. The van der Waals surface area contributed by atoms with Crippen molar-refractivity contribution in [1.29, 1.82) is 0 Å². The van der Waals surface area contributed by atoms with Gasteiger partial charge in [-0.1, -0.05) is 23.7 Å². The summed E-state index contributed by atoms with van der Waals surface area (Å²) in [5.74, 6) is 0.428. The highest BCUT2D eigenvalue weighted by molar-refractivity contribution is 7.80. The summed E-state index contributed by atoms with van der Waals surface area (Å²) >= 11 is 11.2. The lowest BCUT2D eigenvalue weighted by Crippen LogP contribution is -2.39. The maximum absolute atomic E-state index is 13.4. The molecule has 1 aromatic heterocycles. The molecule has 0 aliphatic carbocycles. The number of nitrogens with zero attached hydrogens (tertiary/aromatic N) is 3. The summed E-state index contributed by atoms with van der Waals surface area (Å²) in [5, 5.41) is 18.6. The number of thiocarbonyl (C=S) groups is 1. The van der Waals surface area contributed by atoms with Crippen molar-refractivity contribution in [3.8, 4) is 5.75 Å². The highest BCUT2D eigenvalue weighted by atomic mass is 35.5. The van der Waals surface area contributed by atoms with Crippen LogP contribution in [0.3, 0.4) is 0 Å². The van der Waals surface area contributed by atoms with Crippen LogP contribution in [0.5, 0.6) is 5.75 Å². The molecule has 10 heteroatoms. The van der Waals surface area contributed by atoms with E-state index in [-0.39, 0.29) is 15.9 Å². The van der Waals surface area contributed by atoms with Gasteiger partial charge in [-0.2, -0.15) is 0 Å². The lowest BCUT2D eigenvalue weighted by Gasteiger charge is -2.14. The van der Waals surface area contributed by atoms with Crippen LogP contribution in [0.25, 0.3) is 0 Å². The Bertz CT molecular complexity index is 1120. The molecule has 3 rings (SSSR count). The molecule has 0 atom stereocenters. The third kappa shape index (κ3) is 7.14. The number of aliphatic imine (C=N–C) groups is 1. The van der Waals surface area contributed by atoms with Gasteiger partial charge in [0.2, 0.25) is 11.9 Å². The van der Waals surface area contributed by atoms with E-state index in [1.165, 1.54) is 18.2 Å². The second-order valence-corrected chi connectivity index (χ2v) is 7.77. The van der Waals surface area contributed by atoms with Gasteiger partial charge < -0.3 is 15.7 Å². The van der Waals surface area contributed by atoms with Gasteiger partial charge in [-0.15, -0.1) is 0 Å². The Morgan fingerprint density at radius 1 is 1.06 bits per heavy atom. The van der Waals surface area contributed by atoms with Gasteiger partial charge in [-0.25, -0.2) is 14.4 Å². The molecule has 2 aromatic carbocycles. The monoisotopic (exact) mass is 472 g/mol. The molecular weight excluding hydrogens is 451 g/mol. The van der Waals surface area contributed by atoms with Gasteiger partial charge in [-0.3, -0.25) is 10.3 Å². The number of nitrogens with one attached hydrogen (secondary N) is 3. The fraction of sp³-hybridized carbons (Fsp3) is 0.182. The van der Waals surface area contributed by atoms with Crippen molar-refractivity contribution in [2.24, 2.45) is 4.99 Å². The minimum Gasteiger partial charge on any atom is -0.508 e. The van der Waals surface area contributed by atoms with Crippen molar-refractivity contribution >= 4 is 46.5 Å². The molecule has 0 unspecified atom stereocenters. The summed E-state index contributed by atoms with van der Waals surface area (Å²) in [7, 11) is 0. The first-order valence-electron chi connectivity index (χ1n) is 9.73. The number of phenols is 1. The summed E-state index contributed by atoms with van der Waals surface area (Å²) in [6.45, 7) is 4.19. The van der Waals surface area contributed by atoms with Crippen molar-refractivity contribution in [1.82, 2.24) is 15.3 Å². The van der Waals surface area contributed by atoms with Crippen molar-refractivity contribution in [3.05, 3.63) is 76.3 Å². The first kappa shape index (κ1) is 23.4. The Hall–Kier alpha value is -3.30. The molecule has 0 saturated heterocycles. The van der Waals surface area contributed by atoms with E-state index in [9.17, 15) is 9.50 Å². The van der Waals surface area contributed by atoms with Crippen LogP contribution in [0.2, 0.25) is 5.02 Å². The third-order valence-corrected chi connectivity index (χ3v) is 4.72.